The van der Waals surface area contributed by atoms with Gasteiger partial charge in [0.05, 0.1) is 16.0 Å². The Bertz CT molecular complexity index is 1130. The van der Waals surface area contributed by atoms with Gasteiger partial charge in [-0.05, 0) is 55.7 Å². The Hall–Kier alpha value is -3.04. The van der Waals surface area contributed by atoms with Gasteiger partial charge in [-0.3, -0.25) is 19.3 Å². The van der Waals surface area contributed by atoms with E-state index in [1.54, 1.807) is 28.6 Å². The van der Waals surface area contributed by atoms with Gasteiger partial charge in [-0.25, -0.2) is 8.42 Å². The van der Waals surface area contributed by atoms with E-state index in [1.165, 1.54) is 24.3 Å². The van der Waals surface area contributed by atoms with Gasteiger partial charge in [-0.2, -0.15) is 4.31 Å². The van der Waals surface area contributed by atoms with E-state index in [-0.39, 0.29) is 22.1 Å². The lowest BCUT2D eigenvalue weighted by molar-refractivity contribution is -0.116. The summed E-state index contributed by atoms with van der Waals surface area (Å²) >= 11 is 0. The quantitative estimate of drug-likeness (QED) is 0.675. The fraction of sp³-hybridized carbons (Fsp3) is 0.348. The maximum Gasteiger partial charge on any atom is 0.262 e. The first-order valence-electron chi connectivity index (χ1n) is 10.7. The lowest BCUT2D eigenvalue weighted by atomic mass is 10.0. The number of carbonyl (C=O) groups is 3. The van der Waals surface area contributed by atoms with E-state index in [1.807, 2.05) is 6.92 Å². The number of piperidine rings is 1. The Labute approximate surface area is 187 Å². The molecule has 4 rings (SSSR count). The lowest BCUT2D eigenvalue weighted by Gasteiger charge is -2.34. The van der Waals surface area contributed by atoms with Crippen LogP contribution in [0.5, 0.6) is 0 Å². The maximum absolute atomic E-state index is 13.1. The van der Waals surface area contributed by atoms with Crippen molar-refractivity contribution in [1.82, 2.24) is 9.21 Å². The molecule has 2 aliphatic heterocycles. The fourth-order valence-corrected chi connectivity index (χ4v) is 6.04. The number of hydrogen-bond acceptors (Lipinski definition) is 5. The van der Waals surface area contributed by atoms with Gasteiger partial charge in [0, 0.05) is 18.3 Å². The van der Waals surface area contributed by atoms with Gasteiger partial charge in [-0.15, -0.1) is 0 Å². The Balaban J connectivity index is 1.42. The summed E-state index contributed by atoms with van der Waals surface area (Å²) in [5.74, 6) is -1.56. The summed E-state index contributed by atoms with van der Waals surface area (Å²) in [7, 11) is -3.61. The third-order valence-electron chi connectivity index (χ3n) is 5.97. The predicted molar refractivity (Wildman–Crippen MR) is 119 cm³/mol. The van der Waals surface area contributed by atoms with Crippen LogP contribution in [0.3, 0.4) is 0 Å². The van der Waals surface area contributed by atoms with Crippen LogP contribution in [0, 0.1) is 0 Å². The minimum absolute atomic E-state index is 0.00721. The molecule has 0 aliphatic carbocycles. The van der Waals surface area contributed by atoms with Crippen molar-refractivity contribution in [3.63, 3.8) is 0 Å². The van der Waals surface area contributed by atoms with Crippen molar-refractivity contribution >= 4 is 33.4 Å². The molecule has 2 heterocycles. The molecule has 0 bridgehead atoms. The van der Waals surface area contributed by atoms with Crippen LogP contribution in [-0.4, -0.2) is 54.5 Å². The molecular weight excluding hydrogens is 430 g/mol. The molecule has 0 saturated carbocycles. The number of sulfonamides is 1. The molecule has 2 aliphatic rings. The third-order valence-corrected chi connectivity index (χ3v) is 7.93. The molecular formula is C23H25N3O5S. The van der Waals surface area contributed by atoms with Crippen LogP contribution >= 0.6 is 0 Å². The molecule has 0 spiro atoms. The molecule has 1 N–H and O–H groups in total. The van der Waals surface area contributed by atoms with Gasteiger partial charge in [0.25, 0.3) is 11.8 Å². The Morgan fingerprint density at radius 1 is 1.00 bits per heavy atom. The SMILES string of the molecule is CCC1CCCCN1S(=O)(=O)c1ccc(NC(=O)CN2C(=O)c3ccccc3C2=O)cc1. The number of carbonyl (C=O) groups excluding carboxylic acids is 3. The maximum atomic E-state index is 13.1. The van der Waals surface area contributed by atoms with Crippen molar-refractivity contribution in [3.8, 4) is 0 Å². The van der Waals surface area contributed by atoms with Crippen molar-refractivity contribution in [2.45, 2.75) is 43.5 Å². The minimum Gasteiger partial charge on any atom is -0.325 e. The molecule has 0 radical (unpaired) electrons. The fourth-order valence-electron chi connectivity index (χ4n) is 4.27. The van der Waals surface area contributed by atoms with Crippen LogP contribution < -0.4 is 5.32 Å². The van der Waals surface area contributed by atoms with E-state index in [2.05, 4.69) is 5.32 Å². The molecule has 9 heteroatoms. The number of nitrogens with zero attached hydrogens (tertiary/aromatic N) is 2. The first-order valence-corrected chi connectivity index (χ1v) is 12.1. The number of imide groups is 1. The zero-order valence-corrected chi connectivity index (χ0v) is 18.6. The number of benzene rings is 2. The highest BCUT2D eigenvalue weighted by molar-refractivity contribution is 7.89. The molecule has 2 aromatic carbocycles. The summed E-state index contributed by atoms with van der Waals surface area (Å²) in [5, 5.41) is 2.62. The highest BCUT2D eigenvalue weighted by Crippen LogP contribution is 2.28. The number of rotatable bonds is 6. The van der Waals surface area contributed by atoms with E-state index >= 15 is 0 Å². The minimum atomic E-state index is -3.61. The van der Waals surface area contributed by atoms with Gasteiger partial charge in [0.15, 0.2) is 0 Å². The normalized spacial score (nSPS) is 19.2. The van der Waals surface area contributed by atoms with E-state index in [0.717, 1.165) is 30.6 Å². The number of amides is 3. The molecule has 8 nitrogen and oxygen atoms in total. The van der Waals surface area contributed by atoms with Crippen molar-refractivity contribution in [3.05, 3.63) is 59.7 Å². The smallest absolute Gasteiger partial charge is 0.262 e. The van der Waals surface area contributed by atoms with Crippen LogP contribution in [0.4, 0.5) is 5.69 Å². The molecule has 1 saturated heterocycles. The summed E-state index contributed by atoms with van der Waals surface area (Å²) in [6.45, 7) is 2.09. The van der Waals surface area contributed by atoms with Crippen LogP contribution in [0.25, 0.3) is 0 Å². The van der Waals surface area contributed by atoms with Crippen LogP contribution in [0.2, 0.25) is 0 Å². The molecule has 2 aromatic rings. The molecule has 1 fully saturated rings. The number of anilines is 1. The highest BCUT2D eigenvalue weighted by atomic mass is 32.2. The lowest BCUT2D eigenvalue weighted by Crippen LogP contribution is -2.43. The van der Waals surface area contributed by atoms with Crippen LogP contribution in [0.1, 0.15) is 53.3 Å². The standard InChI is InChI=1S/C23H25N3O5S/c1-2-17-7-5-6-14-26(17)32(30,31)18-12-10-16(11-13-18)24-21(27)15-25-22(28)19-8-3-4-9-20(19)23(25)29/h3-4,8-13,17H,2,5-7,14-15H2,1H3,(H,24,27). The predicted octanol–water partition coefficient (Wildman–Crippen LogP) is 2.87. The number of hydrogen-bond donors (Lipinski definition) is 1. The number of nitrogens with one attached hydrogen (secondary N) is 1. The Morgan fingerprint density at radius 2 is 1.62 bits per heavy atom. The molecule has 1 unspecified atom stereocenters. The summed E-state index contributed by atoms with van der Waals surface area (Å²) < 4.78 is 27.7. The molecule has 0 aromatic heterocycles. The van der Waals surface area contributed by atoms with Gasteiger partial charge in [-0.1, -0.05) is 25.5 Å². The second-order valence-electron chi connectivity index (χ2n) is 7.99. The average Bonchev–Trinajstić information content (AvgIpc) is 3.04. The monoisotopic (exact) mass is 455 g/mol. The Morgan fingerprint density at radius 3 is 2.22 bits per heavy atom. The molecule has 32 heavy (non-hydrogen) atoms. The zero-order valence-electron chi connectivity index (χ0n) is 17.8. The summed E-state index contributed by atoms with van der Waals surface area (Å²) in [4.78, 5) is 38.3. The van der Waals surface area contributed by atoms with Gasteiger partial charge >= 0.3 is 0 Å². The van der Waals surface area contributed by atoms with Gasteiger partial charge in [0.1, 0.15) is 6.54 Å². The highest BCUT2D eigenvalue weighted by Gasteiger charge is 2.36. The molecule has 1 atom stereocenters. The van der Waals surface area contributed by atoms with Gasteiger partial charge in [0.2, 0.25) is 15.9 Å². The summed E-state index contributed by atoms with van der Waals surface area (Å²) in [5.41, 5.74) is 0.946. The van der Waals surface area contributed by atoms with E-state index in [9.17, 15) is 22.8 Å². The molecule has 3 amide bonds. The van der Waals surface area contributed by atoms with Crippen molar-refractivity contribution < 1.29 is 22.8 Å². The van der Waals surface area contributed by atoms with Crippen molar-refractivity contribution in [1.29, 1.82) is 0 Å². The van der Waals surface area contributed by atoms with Crippen LogP contribution in [-0.2, 0) is 14.8 Å². The number of fused-ring (bicyclic) bond motifs is 1. The van der Waals surface area contributed by atoms with Crippen molar-refractivity contribution in [2.24, 2.45) is 0 Å². The summed E-state index contributed by atoms with van der Waals surface area (Å²) in [6, 6.07) is 12.4. The first-order chi connectivity index (χ1) is 15.3. The summed E-state index contributed by atoms with van der Waals surface area (Å²) in [6.07, 6.45) is 3.51. The van der Waals surface area contributed by atoms with Gasteiger partial charge < -0.3 is 5.32 Å². The average molecular weight is 456 g/mol. The largest absolute Gasteiger partial charge is 0.325 e. The second kappa shape index (κ2) is 8.84. The Kier molecular flexibility index (Phi) is 6.12. The zero-order chi connectivity index (χ0) is 22.9. The van der Waals surface area contributed by atoms with E-state index < -0.39 is 34.3 Å². The topological polar surface area (TPSA) is 104 Å². The first kappa shape index (κ1) is 22.2. The van der Waals surface area contributed by atoms with Crippen molar-refractivity contribution in [2.75, 3.05) is 18.4 Å². The molecule has 168 valence electrons. The van der Waals surface area contributed by atoms with E-state index in [4.69, 9.17) is 0 Å². The van der Waals surface area contributed by atoms with E-state index in [0.29, 0.717) is 12.2 Å². The second-order valence-corrected chi connectivity index (χ2v) is 9.88. The van der Waals surface area contributed by atoms with Crippen LogP contribution in [0.15, 0.2) is 53.4 Å². The third kappa shape index (κ3) is 4.05.